The van der Waals surface area contributed by atoms with Crippen LogP contribution in [0.2, 0.25) is 0 Å². The molecule has 3 heteroatoms. The molecule has 0 unspecified atom stereocenters. The highest BCUT2D eigenvalue weighted by Crippen LogP contribution is 2.42. The second-order valence-corrected chi connectivity index (χ2v) is 8.17. The van der Waals surface area contributed by atoms with E-state index in [4.69, 9.17) is 9.72 Å². The van der Waals surface area contributed by atoms with Gasteiger partial charge in [0.1, 0.15) is 18.2 Å². The molecule has 27 heavy (non-hydrogen) atoms. The normalized spacial score (nSPS) is 13.3. The van der Waals surface area contributed by atoms with Crippen molar-refractivity contribution in [3.8, 4) is 16.9 Å². The molecule has 0 saturated heterocycles. The van der Waals surface area contributed by atoms with Crippen molar-refractivity contribution in [1.29, 1.82) is 0 Å². The zero-order valence-electron chi connectivity index (χ0n) is 16.3. The molecule has 0 saturated carbocycles. The van der Waals surface area contributed by atoms with Crippen LogP contribution in [0.1, 0.15) is 56.5 Å². The van der Waals surface area contributed by atoms with Crippen LogP contribution in [0.3, 0.4) is 0 Å². The summed E-state index contributed by atoms with van der Waals surface area (Å²) in [7, 11) is 0. The van der Waals surface area contributed by atoms with E-state index in [0.29, 0.717) is 18.4 Å². The van der Waals surface area contributed by atoms with Gasteiger partial charge in [0, 0.05) is 16.9 Å². The summed E-state index contributed by atoms with van der Waals surface area (Å²) in [6, 6.07) is 15.5. The summed E-state index contributed by atoms with van der Waals surface area (Å²) in [4.78, 5) is 8.30. The molecule has 0 amide bonds. The Labute approximate surface area is 159 Å². The summed E-state index contributed by atoms with van der Waals surface area (Å²) in [5, 5.41) is 2.35. The molecule has 3 nitrogen and oxygen atoms in total. The zero-order valence-corrected chi connectivity index (χ0v) is 16.3. The fourth-order valence-corrected chi connectivity index (χ4v) is 3.96. The molecule has 3 aromatic carbocycles. The highest BCUT2D eigenvalue weighted by molar-refractivity contribution is 6.06. The van der Waals surface area contributed by atoms with Crippen molar-refractivity contribution in [3.63, 3.8) is 0 Å². The van der Waals surface area contributed by atoms with Crippen molar-refractivity contribution in [1.82, 2.24) is 9.97 Å². The molecular weight excluding hydrogens is 332 g/mol. The standard InChI is InChI=1S/C24H24N2O/c1-13(2)15-5-7-18-17(9-15)12-27-22-11-19-16(10-20(18)22)6-8-21-23(19)26-24(25-21)14(3)4/h5-11,13-14H,12H2,1-4H3,(H,25,26). The van der Waals surface area contributed by atoms with E-state index >= 15 is 0 Å². The first-order valence-corrected chi connectivity index (χ1v) is 9.73. The lowest BCUT2D eigenvalue weighted by atomic mass is 9.91. The van der Waals surface area contributed by atoms with Gasteiger partial charge in [0.25, 0.3) is 0 Å². The Morgan fingerprint density at radius 2 is 1.78 bits per heavy atom. The number of rotatable bonds is 2. The summed E-state index contributed by atoms with van der Waals surface area (Å²) in [5.74, 6) is 2.89. The van der Waals surface area contributed by atoms with Gasteiger partial charge in [-0.3, -0.25) is 0 Å². The maximum Gasteiger partial charge on any atom is 0.128 e. The predicted molar refractivity (Wildman–Crippen MR) is 112 cm³/mol. The Balaban J connectivity index is 1.72. The SMILES string of the molecule is CC(C)c1ccc2c(c1)COc1cc3c(ccc4[nH]c(C(C)C)nc43)cc1-2. The van der Waals surface area contributed by atoms with Crippen LogP contribution < -0.4 is 4.74 Å². The van der Waals surface area contributed by atoms with Crippen LogP contribution in [-0.2, 0) is 6.61 Å². The largest absolute Gasteiger partial charge is 0.488 e. The van der Waals surface area contributed by atoms with E-state index in [1.54, 1.807) is 0 Å². The molecule has 0 aliphatic carbocycles. The number of imidazole rings is 1. The van der Waals surface area contributed by atoms with Gasteiger partial charge in [-0.2, -0.15) is 0 Å². The maximum absolute atomic E-state index is 6.16. The number of ether oxygens (including phenoxy) is 1. The van der Waals surface area contributed by atoms with Crippen molar-refractivity contribution in [3.05, 3.63) is 59.4 Å². The van der Waals surface area contributed by atoms with Gasteiger partial charge >= 0.3 is 0 Å². The van der Waals surface area contributed by atoms with Gasteiger partial charge in [-0.15, -0.1) is 0 Å². The second kappa shape index (κ2) is 5.85. The fraction of sp³-hybridized carbons (Fsp3) is 0.292. The molecule has 0 radical (unpaired) electrons. The van der Waals surface area contributed by atoms with Crippen molar-refractivity contribution in [2.45, 2.75) is 46.1 Å². The summed E-state index contributed by atoms with van der Waals surface area (Å²) >= 11 is 0. The maximum atomic E-state index is 6.16. The van der Waals surface area contributed by atoms with Gasteiger partial charge < -0.3 is 9.72 Å². The first-order valence-electron chi connectivity index (χ1n) is 9.73. The Hall–Kier alpha value is -2.81. The quantitative estimate of drug-likeness (QED) is 0.444. The lowest BCUT2D eigenvalue weighted by molar-refractivity contribution is 0.302. The Morgan fingerprint density at radius 1 is 0.926 bits per heavy atom. The van der Waals surface area contributed by atoms with Crippen LogP contribution in [-0.4, -0.2) is 9.97 Å². The number of aromatic nitrogens is 2. The third-order valence-electron chi connectivity index (χ3n) is 5.60. The van der Waals surface area contributed by atoms with Crippen molar-refractivity contribution in [2.75, 3.05) is 0 Å². The van der Waals surface area contributed by atoms with Crippen LogP contribution in [0, 0.1) is 0 Å². The third kappa shape index (κ3) is 2.53. The second-order valence-electron chi connectivity index (χ2n) is 8.17. The van der Waals surface area contributed by atoms with E-state index in [1.807, 2.05) is 0 Å². The molecule has 4 aromatic rings. The van der Waals surface area contributed by atoms with E-state index < -0.39 is 0 Å². The molecule has 0 spiro atoms. The smallest absolute Gasteiger partial charge is 0.128 e. The van der Waals surface area contributed by atoms with Crippen LogP contribution in [0.15, 0.2) is 42.5 Å². The molecule has 136 valence electrons. The first kappa shape index (κ1) is 16.4. The van der Waals surface area contributed by atoms with E-state index in [-0.39, 0.29) is 0 Å². The minimum Gasteiger partial charge on any atom is -0.488 e. The summed E-state index contributed by atoms with van der Waals surface area (Å²) < 4.78 is 6.16. The molecule has 0 fully saturated rings. The van der Waals surface area contributed by atoms with Gasteiger partial charge in [0.05, 0.1) is 11.0 Å². The number of hydrogen-bond donors (Lipinski definition) is 1. The average molecular weight is 356 g/mol. The highest BCUT2D eigenvalue weighted by atomic mass is 16.5. The molecular formula is C24H24N2O. The van der Waals surface area contributed by atoms with E-state index in [2.05, 4.69) is 75.1 Å². The van der Waals surface area contributed by atoms with Gasteiger partial charge in [-0.25, -0.2) is 4.98 Å². The van der Waals surface area contributed by atoms with Gasteiger partial charge in [-0.05, 0) is 46.2 Å². The van der Waals surface area contributed by atoms with Crippen molar-refractivity contribution in [2.24, 2.45) is 0 Å². The number of aromatic amines is 1. The van der Waals surface area contributed by atoms with E-state index in [9.17, 15) is 0 Å². The Bertz CT molecular complexity index is 1180. The van der Waals surface area contributed by atoms with Crippen LogP contribution in [0.4, 0.5) is 0 Å². The number of H-pyrrole nitrogens is 1. The van der Waals surface area contributed by atoms with Gasteiger partial charge in [0.2, 0.25) is 0 Å². The van der Waals surface area contributed by atoms with Gasteiger partial charge in [-0.1, -0.05) is 52.0 Å². The summed E-state index contributed by atoms with van der Waals surface area (Å²) in [6.07, 6.45) is 0. The molecule has 1 aliphatic rings. The van der Waals surface area contributed by atoms with E-state index in [0.717, 1.165) is 28.0 Å². The summed E-state index contributed by atoms with van der Waals surface area (Å²) in [5.41, 5.74) is 7.22. The van der Waals surface area contributed by atoms with Crippen molar-refractivity contribution >= 4 is 21.8 Å². The topological polar surface area (TPSA) is 37.9 Å². The van der Waals surface area contributed by atoms with Crippen LogP contribution in [0.25, 0.3) is 32.9 Å². The van der Waals surface area contributed by atoms with Gasteiger partial charge in [0.15, 0.2) is 0 Å². The Kier molecular flexibility index (Phi) is 3.55. The minimum atomic E-state index is 0.378. The van der Waals surface area contributed by atoms with E-state index in [1.165, 1.54) is 27.6 Å². The number of nitrogens with one attached hydrogen (secondary N) is 1. The van der Waals surface area contributed by atoms with Crippen molar-refractivity contribution < 1.29 is 4.74 Å². The lowest BCUT2D eigenvalue weighted by Gasteiger charge is -2.23. The summed E-state index contributed by atoms with van der Waals surface area (Å²) in [6.45, 7) is 9.41. The molecule has 0 bridgehead atoms. The molecule has 5 rings (SSSR count). The number of fused-ring (bicyclic) bond motifs is 6. The third-order valence-corrected chi connectivity index (χ3v) is 5.60. The highest BCUT2D eigenvalue weighted by Gasteiger charge is 2.20. The monoisotopic (exact) mass is 356 g/mol. The number of nitrogens with zero attached hydrogens (tertiary/aromatic N) is 1. The average Bonchev–Trinajstić information content (AvgIpc) is 3.11. The van der Waals surface area contributed by atoms with Crippen LogP contribution in [0.5, 0.6) is 5.75 Å². The predicted octanol–water partition coefficient (Wildman–Crippen LogP) is 6.52. The molecule has 1 aromatic heterocycles. The molecule has 0 atom stereocenters. The first-order chi connectivity index (χ1) is 13.0. The fourth-order valence-electron chi connectivity index (χ4n) is 3.96. The van der Waals surface area contributed by atoms with Crippen LogP contribution >= 0.6 is 0 Å². The molecule has 2 heterocycles. The molecule has 1 N–H and O–H groups in total. The number of hydrogen-bond acceptors (Lipinski definition) is 2. The molecule has 1 aliphatic heterocycles. The minimum absolute atomic E-state index is 0.378. The number of benzene rings is 3. The Morgan fingerprint density at radius 3 is 2.56 bits per heavy atom. The lowest BCUT2D eigenvalue weighted by Crippen LogP contribution is -2.06. The zero-order chi connectivity index (χ0) is 18.7.